The molecule has 102 valence electrons. The van der Waals surface area contributed by atoms with E-state index in [0.29, 0.717) is 18.3 Å². The van der Waals surface area contributed by atoms with Gasteiger partial charge in [0, 0.05) is 40.5 Å². The number of methoxy groups -OCH3 is 2. The van der Waals surface area contributed by atoms with E-state index in [1.165, 1.54) is 0 Å². The minimum absolute atomic E-state index is 0.646. The van der Waals surface area contributed by atoms with Gasteiger partial charge < -0.3 is 24.8 Å². The maximum absolute atomic E-state index is 5.32. The zero-order valence-corrected chi connectivity index (χ0v) is 11.6. The Bertz CT molecular complexity index is 182. The van der Waals surface area contributed by atoms with Gasteiger partial charge in [0.05, 0.1) is 13.2 Å². The molecule has 0 atom stereocenters. The molecule has 17 heavy (non-hydrogen) atoms. The lowest BCUT2D eigenvalue weighted by Crippen LogP contribution is -2.36. The fourth-order valence-electron chi connectivity index (χ4n) is 1.10. The number of nitrogens with one attached hydrogen (secondary N) is 2. The molecule has 0 aromatic heterocycles. The summed E-state index contributed by atoms with van der Waals surface area (Å²) in [6, 6.07) is 0. The largest absolute Gasteiger partial charge is 0.385 e. The van der Waals surface area contributed by atoms with Crippen LogP contribution in [-0.2, 0) is 14.2 Å². The molecule has 0 aromatic carbocycles. The molecule has 0 saturated heterocycles. The van der Waals surface area contributed by atoms with Gasteiger partial charge in [0.1, 0.15) is 0 Å². The van der Waals surface area contributed by atoms with Crippen LogP contribution < -0.4 is 10.6 Å². The minimum atomic E-state index is 0.646. The Morgan fingerprint density at radius 2 is 1.47 bits per heavy atom. The van der Waals surface area contributed by atoms with Crippen molar-refractivity contribution in [3.05, 3.63) is 0 Å². The maximum atomic E-state index is 5.32. The van der Waals surface area contributed by atoms with Crippen LogP contribution in [0.25, 0.3) is 0 Å². The van der Waals surface area contributed by atoms with Crippen LogP contribution in [0.15, 0.2) is 0 Å². The summed E-state index contributed by atoms with van der Waals surface area (Å²) >= 11 is 5.10. The Hall–Kier alpha value is -0.430. The highest BCUT2D eigenvalue weighted by Crippen LogP contribution is 1.82. The van der Waals surface area contributed by atoms with Crippen LogP contribution in [0.3, 0.4) is 0 Å². The standard InChI is InChI=1S/C11H24N2O3S/c1-14-7-3-5-12-11(17)13-6-4-8-16-10-9-15-2/h3-10H2,1-2H3,(H2,12,13,17). The zero-order chi connectivity index (χ0) is 12.8. The molecule has 0 spiro atoms. The van der Waals surface area contributed by atoms with E-state index in [9.17, 15) is 0 Å². The van der Waals surface area contributed by atoms with E-state index in [4.69, 9.17) is 26.4 Å². The summed E-state index contributed by atoms with van der Waals surface area (Å²) in [5, 5.41) is 6.92. The fraction of sp³-hybridized carbons (Fsp3) is 0.909. The predicted octanol–water partition coefficient (Wildman–Crippen LogP) is 0.540. The molecule has 0 aromatic rings. The molecule has 0 amide bonds. The molecule has 0 radical (unpaired) electrons. The first kappa shape index (κ1) is 16.6. The van der Waals surface area contributed by atoms with Gasteiger partial charge in [-0.05, 0) is 25.1 Å². The molecule has 0 aliphatic carbocycles. The Morgan fingerprint density at radius 1 is 0.882 bits per heavy atom. The van der Waals surface area contributed by atoms with E-state index in [1.54, 1.807) is 14.2 Å². The quantitative estimate of drug-likeness (QED) is 0.420. The van der Waals surface area contributed by atoms with Crippen molar-refractivity contribution in [1.29, 1.82) is 0 Å². The first-order valence-electron chi connectivity index (χ1n) is 5.88. The van der Waals surface area contributed by atoms with Crippen LogP contribution in [0.1, 0.15) is 12.8 Å². The average molecular weight is 264 g/mol. The van der Waals surface area contributed by atoms with Crippen molar-refractivity contribution < 1.29 is 14.2 Å². The second-order valence-corrected chi connectivity index (χ2v) is 3.90. The van der Waals surface area contributed by atoms with E-state index >= 15 is 0 Å². The van der Waals surface area contributed by atoms with Gasteiger partial charge in [-0.25, -0.2) is 0 Å². The third kappa shape index (κ3) is 13.5. The highest BCUT2D eigenvalue weighted by Gasteiger charge is 1.94. The molecule has 5 nitrogen and oxygen atoms in total. The Morgan fingerprint density at radius 3 is 2.06 bits per heavy atom. The number of ether oxygens (including phenoxy) is 3. The summed E-state index contributed by atoms with van der Waals surface area (Å²) in [5.74, 6) is 0. The molecule has 0 rings (SSSR count). The van der Waals surface area contributed by atoms with Crippen molar-refractivity contribution in [3.63, 3.8) is 0 Å². The SMILES string of the molecule is COCCCNC(=S)NCCCOCCOC. The van der Waals surface area contributed by atoms with Crippen molar-refractivity contribution in [3.8, 4) is 0 Å². The minimum Gasteiger partial charge on any atom is -0.385 e. The predicted molar refractivity (Wildman–Crippen MR) is 72.4 cm³/mol. The van der Waals surface area contributed by atoms with Gasteiger partial charge >= 0.3 is 0 Å². The van der Waals surface area contributed by atoms with Crippen molar-refractivity contribution in [1.82, 2.24) is 10.6 Å². The summed E-state index contributed by atoms with van der Waals surface area (Å²) in [7, 11) is 3.36. The summed E-state index contributed by atoms with van der Waals surface area (Å²) in [4.78, 5) is 0. The molecule has 0 saturated carbocycles. The molecule has 0 unspecified atom stereocenters. The van der Waals surface area contributed by atoms with Gasteiger partial charge in [0.2, 0.25) is 0 Å². The number of thiocarbonyl (C=S) groups is 1. The molecule has 0 bridgehead atoms. The summed E-state index contributed by atoms with van der Waals surface area (Å²) in [6.07, 6.45) is 1.89. The Balaban J connectivity index is 3.11. The van der Waals surface area contributed by atoms with Gasteiger partial charge in [0.15, 0.2) is 5.11 Å². The average Bonchev–Trinajstić information content (AvgIpc) is 2.33. The summed E-state index contributed by atoms with van der Waals surface area (Å²) < 4.78 is 15.1. The van der Waals surface area contributed by atoms with Crippen LogP contribution in [0.5, 0.6) is 0 Å². The lowest BCUT2D eigenvalue weighted by molar-refractivity contribution is 0.0699. The lowest BCUT2D eigenvalue weighted by atomic mass is 10.4. The fourth-order valence-corrected chi connectivity index (χ4v) is 1.31. The summed E-state index contributed by atoms with van der Waals surface area (Å²) in [6.45, 7) is 4.43. The van der Waals surface area contributed by atoms with E-state index in [-0.39, 0.29) is 0 Å². The lowest BCUT2D eigenvalue weighted by Gasteiger charge is -2.10. The third-order valence-corrected chi connectivity index (χ3v) is 2.28. The van der Waals surface area contributed by atoms with Crippen LogP contribution in [-0.4, -0.2) is 58.8 Å². The van der Waals surface area contributed by atoms with E-state index < -0.39 is 0 Å². The van der Waals surface area contributed by atoms with Gasteiger partial charge in [-0.3, -0.25) is 0 Å². The van der Waals surface area contributed by atoms with E-state index in [2.05, 4.69) is 10.6 Å². The molecule has 0 aliphatic rings. The van der Waals surface area contributed by atoms with Crippen molar-refractivity contribution in [2.45, 2.75) is 12.8 Å². The molecule has 2 N–H and O–H groups in total. The molecule has 6 heteroatoms. The smallest absolute Gasteiger partial charge is 0.166 e. The van der Waals surface area contributed by atoms with Gasteiger partial charge in [-0.2, -0.15) is 0 Å². The zero-order valence-electron chi connectivity index (χ0n) is 10.8. The normalized spacial score (nSPS) is 10.2. The first-order chi connectivity index (χ1) is 8.31. The van der Waals surface area contributed by atoms with Gasteiger partial charge in [-0.1, -0.05) is 0 Å². The first-order valence-corrected chi connectivity index (χ1v) is 6.29. The number of hydrogen-bond acceptors (Lipinski definition) is 4. The topological polar surface area (TPSA) is 51.8 Å². The van der Waals surface area contributed by atoms with Crippen LogP contribution in [0.4, 0.5) is 0 Å². The maximum Gasteiger partial charge on any atom is 0.166 e. The Kier molecular flexibility index (Phi) is 13.3. The van der Waals surface area contributed by atoms with E-state index in [0.717, 1.165) is 39.1 Å². The second kappa shape index (κ2) is 13.6. The van der Waals surface area contributed by atoms with Crippen molar-refractivity contribution in [2.75, 3.05) is 53.7 Å². The van der Waals surface area contributed by atoms with Crippen LogP contribution >= 0.6 is 12.2 Å². The highest BCUT2D eigenvalue weighted by atomic mass is 32.1. The monoisotopic (exact) mass is 264 g/mol. The van der Waals surface area contributed by atoms with Crippen molar-refractivity contribution in [2.24, 2.45) is 0 Å². The number of hydrogen-bond donors (Lipinski definition) is 2. The third-order valence-electron chi connectivity index (χ3n) is 1.99. The van der Waals surface area contributed by atoms with Gasteiger partial charge in [0.25, 0.3) is 0 Å². The molecular formula is C11H24N2O3S. The molecular weight excluding hydrogens is 240 g/mol. The molecule has 0 heterocycles. The van der Waals surface area contributed by atoms with E-state index in [1.807, 2.05) is 0 Å². The van der Waals surface area contributed by atoms with Crippen LogP contribution in [0.2, 0.25) is 0 Å². The number of rotatable bonds is 11. The Labute approximate surface area is 109 Å². The highest BCUT2D eigenvalue weighted by molar-refractivity contribution is 7.80. The summed E-state index contributed by atoms with van der Waals surface area (Å²) in [5.41, 5.74) is 0. The van der Waals surface area contributed by atoms with Crippen LogP contribution in [0, 0.1) is 0 Å². The second-order valence-electron chi connectivity index (χ2n) is 3.49. The molecule has 0 fully saturated rings. The molecule has 0 aliphatic heterocycles. The van der Waals surface area contributed by atoms with Crippen molar-refractivity contribution >= 4 is 17.3 Å². The van der Waals surface area contributed by atoms with Gasteiger partial charge in [-0.15, -0.1) is 0 Å².